The van der Waals surface area contributed by atoms with Crippen LogP contribution >= 0.6 is 15.9 Å². The van der Waals surface area contributed by atoms with E-state index in [0.717, 1.165) is 12.1 Å². The van der Waals surface area contributed by atoms with E-state index in [4.69, 9.17) is 0 Å². The number of nitrogens with zero attached hydrogens (tertiary/aromatic N) is 1. The zero-order valence-electron chi connectivity index (χ0n) is 9.01. The lowest BCUT2D eigenvalue weighted by Gasteiger charge is -2.18. The van der Waals surface area contributed by atoms with Crippen LogP contribution in [0, 0.1) is 11.6 Å². The van der Waals surface area contributed by atoms with Crippen molar-refractivity contribution in [3.8, 4) is 0 Å². The molecule has 0 aromatic heterocycles. The van der Waals surface area contributed by atoms with Crippen LogP contribution in [-0.4, -0.2) is 29.2 Å². The van der Waals surface area contributed by atoms with Gasteiger partial charge in [-0.2, -0.15) is 0 Å². The molecule has 0 heterocycles. The van der Waals surface area contributed by atoms with Crippen LogP contribution < -0.4 is 0 Å². The molecule has 16 heavy (non-hydrogen) atoms. The molecule has 1 aromatic rings. The average molecular weight is 292 g/mol. The van der Waals surface area contributed by atoms with Gasteiger partial charge in [0.25, 0.3) is 5.91 Å². The van der Waals surface area contributed by atoms with Crippen LogP contribution in [0.25, 0.3) is 0 Å². The van der Waals surface area contributed by atoms with E-state index in [-0.39, 0.29) is 10.4 Å². The van der Waals surface area contributed by atoms with E-state index in [2.05, 4.69) is 15.9 Å². The van der Waals surface area contributed by atoms with E-state index >= 15 is 0 Å². The summed E-state index contributed by atoms with van der Waals surface area (Å²) in [4.78, 5) is 13.3. The van der Waals surface area contributed by atoms with E-state index in [1.165, 1.54) is 4.90 Å². The van der Waals surface area contributed by atoms with Crippen molar-refractivity contribution < 1.29 is 13.6 Å². The summed E-state index contributed by atoms with van der Waals surface area (Å²) in [6, 6.07) is 2.93. The summed E-state index contributed by atoms with van der Waals surface area (Å²) in [6.45, 7) is 2.33. The molecule has 0 N–H and O–H groups in total. The molecular weight excluding hydrogens is 280 g/mol. The number of benzene rings is 1. The van der Waals surface area contributed by atoms with Crippen molar-refractivity contribution in [1.82, 2.24) is 4.90 Å². The maximum Gasteiger partial charge on any atom is 0.256 e. The molecule has 2 nitrogen and oxygen atoms in total. The van der Waals surface area contributed by atoms with Crippen molar-refractivity contribution in [2.75, 3.05) is 13.6 Å². The second-order valence-electron chi connectivity index (χ2n) is 3.59. The Morgan fingerprint density at radius 3 is 2.62 bits per heavy atom. The van der Waals surface area contributed by atoms with Gasteiger partial charge in [0.1, 0.15) is 11.6 Å². The van der Waals surface area contributed by atoms with Crippen LogP contribution in [0.15, 0.2) is 18.2 Å². The summed E-state index contributed by atoms with van der Waals surface area (Å²) in [6.07, 6.45) is 0. The van der Waals surface area contributed by atoms with Gasteiger partial charge in [0.05, 0.1) is 5.56 Å². The van der Waals surface area contributed by atoms with Crippen LogP contribution in [0.4, 0.5) is 8.78 Å². The highest BCUT2D eigenvalue weighted by atomic mass is 79.9. The first-order chi connectivity index (χ1) is 7.41. The zero-order chi connectivity index (χ0) is 12.3. The maximum absolute atomic E-state index is 13.3. The molecule has 0 radical (unpaired) electrons. The Morgan fingerprint density at radius 2 is 2.12 bits per heavy atom. The van der Waals surface area contributed by atoms with Crippen molar-refractivity contribution in [2.45, 2.75) is 11.8 Å². The Balaban J connectivity index is 2.88. The topological polar surface area (TPSA) is 20.3 Å². The Morgan fingerprint density at radius 1 is 1.50 bits per heavy atom. The number of alkyl halides is 1. The highest BCUT2D eigenvalue weighted by molar-refractivity contribution is 9.09. The molecule has 0 aliphatic heterocycles. The number of carbonyl (C=O) groups excluding carboxylic acids is 1. The molecule has 1 rings (SSSR count). The third kappa shape index (κ3) is 3.27. The van der Waals surface area contributed by atoms with Crippen LogP contribution in [0.5, 0.6) is 0 Å². The molecular formula is C11H12BrF2NO. The molecule has 0 aliphatic rings. The number of hydrogen-bond acceptors (Lipinski definition) is 1. The lowest BCUT2D eigenvalue weighted by Crippen LogP contribution is -2.31. The SMILES string of the molecule is CC(Br)CN(C)C(=O)c1ccc(F)cc1F. The molecule has 0 fully saturated rings. The predicted octanol–water partition coefficient (Wildman–Crippen LogP) is 2.82. The van der Waals surface area contributed by atoms with Gasteiger partial charge in [-0.1, -0.05) is 22.9 Å². The van der Waals surface area contributed by atoms with E-state index in [1.54, 1.807) is 7.05 Å². The summed E-state index contributed by atoms with van der Waals surface area (Å²) < 4.78 is 25.9. The van der Waals surface area contributed by atoms with E-state index in [0.29, 0.717) is 12.6 Å². The predicted molar refractivity (Wildman–Crippen MR) is 61.7 cm³/mol. The van der Waals surface area contributed by atoms with Gasteiger partial charge in [0.15, 0.2) is 0 Å². The lowest BCUT2D eigenvalue weighted by atomic mass is 10.2. The highest BCUT2D eigenvalue weighted by Crippen LogP contribution is 2.12. The van der Waals surface area contributed by atoms with Crippen LogP contribution in [0.1, 0.15) is 17.3 Å². The second kappa shape index (κ2) is 5.39. The van der Waals surface area contributed by atoms with Gasteiger partial charge in [-0.25, -0.2) is 8.78 Å². The fraction of sp³-hybridized carbons (Fsp3) is 0.364. The van der Waals surface area contributed by atoms with E-state index in [1.807, 2.05) is 6.92 Å². The van der Waals surface area contributed by atoms with Crippen molar-refractivity contribution in [1.29, 1.82) is 0 Å². The molecule has 1 aromatic carbocycles. The van der Waals surface area contributed by atoms with Crippen molar-refractivity contribution in [3.63, 3.8) is 0 Å². The van der Waals surface area contributed by atoms with Gasteiger partial charge in [0, 0.05) is 24.5 Å². The number of hydrogen-bond donors (Lipinski definition) is 0. The molecule has 1 amide bonds. The summed E-state index contributed by atoms with van der Waals surface area (Å²) in [5, 5.41) is 0. The highest BCUT2D eigenvalue weighted by Gasteiger charge is 2.17. The monoisotopic (exact) mass is 291 g/mol. The first-order valence-corrected chi connectivity index (χ1v) is 5.68. The molecule has 1 atom stereocenters. The zero-order valence-corrected chi connectivity index (χ0v) is 10.6. The van der Waals surface area contributed by atoms with Crippen LogP contribution in [0.2, 0.25) is 0 Å². The van der Waals surface area contributed by atoms with Gasteiger partial charge < -0.3 is 4.90 Å². The number of rotatable bonds is 3. The minimum Gasteiger partial charge on any atom is -0.341 e. The Bertz CT molecular complexity index is 396. The largest absolute Gasteiger partial charge is 0.341 e. The van der Waals surface area contributed by atoms with Crippen LogP contribution in [-0.2, 0) is 0 Å². The second-order valence-corrected chi connectivity index (χ2v) is 5.15. The van der Waals surface area contributed by atoms with Crippen molar-refractivity contribution in [2.24, 2.45) is 0 Å². The minimum absolute atomic E-state index is 0.114. The smallest absolute Gasteiger partial charge is 0.256 e. The summed E-state index contributed by atoms with van der Waals surface area (Å²) in [5.74, 6) is -1.98. The lowest BCUT2D eigenvalue weighted by molar-refractivity contribution is 0.0792. The summed E-state index contributed by atoms with van der Waals surface area (Å²) >= 11 is 3.30. The van der Waals surface area contributed by atoms with Crippen molar-refractivity contribution in [3.05, 3.63) is 35.4 Å². The molecule has 0 saturated heterocycles. The summed E-state index contributed by atoms with van der Waals surface area (Å²) in [5.41, 5.74) is -0.114. The maximum atomic E-state index is 13.3. The molecule has 0 spiro atoms. The minimum atomic E-state index is -0.834. The number of amides is 1. The standard InChI is InChI=1S/C11H12BrF2NO/c1-7(12)6-15(2)11(16)9-4-3-8(13)5-10(9)14/h3-5,7H,6H2,1-2H3. The fourth-order valence-corrected chi connectivity index (χ4v) is 1.76. The molecule has 5 heteroatoms. The fourth-order valence-electron chi connectivity index (χ4n) is 1.33. The first kappa shape index (κ1) is 13.1. The first-order valence-electron chi connectivity index (χ1n) is 4.76. The molecule has 0 bridgehead atoms. The third-order valence-electron chi connectivity index (χ3n) is 2.03. The molecule has 0 saturated carbocycles. The van der Waals surface area contributed by atoms with E-state index < -0.39 is 17.5 Å². The Hall–Kier alpha value is -0.970. The van der Waals surface area contributed by atoms with Gasteiger partial charge >= 0.3 is 0 Å². The third-order valence-corrected chi connectivity index (χ3v) is 2.32. The number of halogens is 3. The van der Waals surface area contributed by atoms with Gasteiger partial charge in [-0.3, -0.25) is 4.79 Å². The Kier molecular flexibility index (Phi) is 4.41. The van der Waals surface area contributed by atoms with Crippen LogP contribution in [0.3, 0.4) is 0 Å². The van der Waals surface area contributed by atoms with Gasteiger partial charge in [-0.15, -0.1) is 0 Å². The van der Waals surface area contributed by atoms with Crippen molar-refractivity contribution >= 4 is 21.8 Å². The molecule has 1 unspecified atom stereocenters. The van der Waals surface area contributed by atoms with Gasteiger partial charge in [-0.05, 0) is 12.1 Å². The Labute approximate surface area is 101 Å². The summed E-state index contributed by atoms with van der Waals surface area (Å²) in [7, 11) is 1.57. The molecule has 88 valence electrons. The average Bonchev–Trinajstić information content (AvgIpc) is 2.15. The number of carbonyl (C=O) groups is 1. The molecule has 0 aliphatic carbocycles. The van der Waals surface area contributed by atoms with Gasteiger partial charge in [0.2, 0.25) is 0 Å². The van der Waals surface area contributed by atoms with E-state index in [9.17, 15) is 13.6 Å². The quantitative estimate of drug-likeness (QED) is 0.784. The normalized spacial score (nSPS) is 12.3.